The number of cyclic esters (lactones) is 1. The number of hydrogen-bond acceptors (Lipinski definition) is 4. The summed E-state index contributed by atoms with van der Waals surface area (Å²) in [6.07, 6.45) is 2.39. The molecule has 0 aromatic heterocycles. The maximum absolute atomic E-state index is 12.0. The number of halogens is 1. The van der Waals surface area contributed by atoms with Gasteiger partial charge in [0, 0.05) is 12.8 Å². The topological polar surface area (TPSA) is 70.5 Å². The number of ether oxygens (including phenoxy) is 1. The quantitative estimate of drug-likeness (QED) is 0.448. The highest BCUT2D eigenvalue weighted by atomic mass is 79.9. The first-order chi connectivity index (χ1) is 7.14. The van der Waals surface area contributed by atoms with Crippen LogP contribution < -0.4 is 0 Å². The number of amides is 1. The van der Waals surface area contributed by atoms with E-state index < -0.39 is 17.6 Å². The highest BCUT2D eigenvalue weighted by Gasteiger charge is 2.53. The molecule has 1 amide bonds. The predicted octanol–water partition coefficient (Wildman–Crippen LogP) is 0.317. The van der Waals surface area contributed by atoms with E-state index in [1.165, 1.54) is 4.90 Å². The molecule has 0 aliphatic carbocycles. The Labute approximate surface area is 95.4 Å². The summed E-state index contributed by atoms with van der Waals surface area (Å²) in [5, 5.41) is 7.37. The third kappa shape index (κ3) is 1.39. The van der Waals surface area contributed by atoms with Crippen LogP contribution in [0, 0.1) is 5.41 Å². The molecule has 2 fully saturated rings. The summed E-state index contributed by atoms with van der Waals surface area (Å²) in [6, 6.07) is -0.426. The first-order valence-corrected chi connectivity index (χ1v) is 5.88. The lowest BCUT2D eigenvalue weighted by atomic mass is 10.0. The van der Waals surface area contributed by atoms with E-state index in [1.807, 2.05) is 0 Å². The fraction of sp³-hybridized carbons (Fsp3) is 0.667. The first kappa shape index (κ1) is 10.6. The maximum atomic E-state index is 12.0. The third-order valence-electron chi connectivity index (χ3n) is 2.86. The van der Waals surface area contributed by atoms with E-state index in [1.54, 1.807) is 0 Å². The summed E-state index contributed by atoms with van der Waals surface area (Å²) in [5.41, 5.74) is -1.42. The monoisotopic (exact) mass is 274 g/mol. The molecule has 0 spiro atoms. The van der Waals surface area contributed by atoms with Crippen molar-refractivity contribution in [1.82, 2.24) is 4.90 Å². The molecule has 82 valence electrons. The molecule has 2 rings (SSSR count). The van der Waals surface area contributed by atoms with Gasteiger partial charge in [-0.15, -0.1) is 0 Å². The molecular weight excluding hydrogens is 264 g/mol. The standard InChI is InChI=1S/C9H11BrN2O3/c10-4-9(5-11)8(14)12-3-1-2-6(12)7(13)15-9/h5-6,11H,1-4H2/t6-,9-/m1/s1. The number of carbonyl (C=O) groups excluding carboxylic acids is 2. The molecule has 0 bridgehead atoms. The summed E-state index contributed by atoms with van der Waals surface area (Å²) >= 11 is 3.12. The van der Waals surface area contributed by atoms with Crippen molar-refractivity contribution in [1.29, 1.82) is 5.41 Å². The third-order valence-corrected chi connectivity index (χ3v) is 3.70. The number of morpholine rings is 1. The van der Waals surface area contributed by atoms with Gasteiger partial charge >= 0.3 is 5.97 Å². The van der Waals surface area contributed by atoms with Gasteiger partial charge < -0.3 is 15.0 Å². The van der Waals surface area contributed by atoms with Gasteiger partial charge in [0.05, 0.1) is 5.33 Å². The molecular formula is C9H11BrN2O3. The van der Waals surface area contributed by atoms with Gasteiger partial charge in [-0.05, 0) is 12.8 Å². The molecule has 0 radical (unpaired) electrons. The van der Waals surface area contributed by atoms with Crippen LogP contribution in [0.15, 0.2) is 0 Å². The van der Waals surface area contributed by atoms with Crippen molar-refractivity contribution in [3.05, 3.63) is 0 Å². The Bertz CT molecular complexity index is 333. The van der Waals surface area contributed by atoms with E-state index in [-0.39, 0.29) is 11.2 Å². The van der Waals surface area contributed by atoms with Crippen molar-refractivity contribution in [2.75, 3.05) is 11.9 Å². The second kappa shape index (κ2) is 3.59. The Morgan fingerprint density at radius 2 is 2.40 bits per heavy atom. The van der Waals surface area contributed by atoms with Crippen LogP contribution in [0.4, 0.5) is 0 Å². The van der Waals surface area contributed by atoms with E-state index in [4.69, 9.17) is 10.1 Å². The van der Waals surface area contributed by atoms with Crippen molar-refractivity contribution in [2.24, 2.45) is 0 Å². The van der Waals surface area contributed by atoms with Gasteiger partial charge in [0.1, 0.15) is 6.04 Å². The molecule has 5 nitrogen and oxygen atoms in total. The summed E-state index contributed by atoms with van der Waals surface area (Å²) in [6.45, 7) is 0.585. The average Bonchev–Trinajstić information content (AvgIpc) is 2.73. The van der Waals surface area contributed by atoms with E-state index >= 15 is 0 Å². The molecule has 2 atom stereocenters. The van der Waals surface area contributed by atoms with Gasteiger partial charge in [-0.2, -0.15) is 0 Å². The minimum Gasteiger partial charge on any atom is -0.440 e. The summed E-state index contributed by atoms with van der Waals surface area (Å²) in [7, 11) is 0. The molecule has 1 N–H and O–H groups in total. The summed E-state index contributed by atoms with van der Waals surface area (Å²) < 4.78 is 5.08. The average molecular weight is 275 g/mol. The second-order valence-corrected chi connectivity index (χ2v) is 4.31. The Kier molecular flexibility index (Phi) is 2.54. The van der Waals surface area contributed by atoms with E-state index in [0.29, 0.717) is 13.0 Å². The van der Waals surface area contributed by atoms with Crippen molar-refractivity contribution in [3.8, 4) is 0 Å². The Balaban J connectivity index is 2.35. The number of nitrogens with one attached hydrogen (secondary N) is 1. The minimum atomic E-state index is -1.42. The number of esters is 1. The maximum Gasteiger partial charge on any atom is 0.330 e. The van der Waals surface area contributed by atoms with E-state index in [2.05, 4.69) is 15.9 Å². The van der Waals surface area contributed by atoms with Crippen molar-refractivity contribution in [3.63, 3.8) is 0 Å². The zero-order valence-electron chi connectivity index (χ0n) is 8.03. The number of carbonyl (C=O) groups is 2. The van der Waals surface area contributed by atoms with Crippen LogP contribution in [0.5, 0.6) is 0 Å². The molecule has 15 heavy (non-hydrogen) atoms. The molecule has 0 unspecified atom stereocenters. The molecule has 6 heteroatoms. The fourth-order valence-electron chi connectivity index (χ4n) is 2.00. The Hall–Kier alpha value is -0.910. The van der Waals surface area contributed by atoms with Crippen LogP contribution in [-0.2, 0) is 14.3 Å². The van der Waals surface area contributed by atoms with Crippen LogP contribution in [-0.4, -0.2) is 46.5 Å². The van der Waals surface area contributed by atoms with Gasteiger partial charge in [0.2, 0.25) is 5.60 Å². The summed E-state index contributed by atoms with van der Waals surface area (Å²) in [5.74, 6) is -0.675. The van der Waals surface area contributed by atoms with Gasteiger partial charge in [0.25, 0.3) is 5.91 Å². The van der Waals surface area contributed by atoms with Crippen LogP contribution in [0.1, 0.15) is 12.8 Å². The zero-order valence-corrected chi connectivity index (χ0v) is 9.62. The van der Waals surface area contributed by atoms with Crippen LogP contribution in [0.2, 0.25) is 0 Å². The molecule has 2 aliphatic rings. The highest BCUT2D eigenvalue weighted by Crippen LogP contribution is 2.30. The lowest BCUT2D eigenvalue weighted by Gasteiger charge is -2.38. The fourth-order valence-corrected chi connectivity index (χ4v) is 2.52. The van der Waals surface area contributed by atoms with Crippen molar-refractivity contribution < 1.29 is 14.3 Å². The van der Waals surface area contributed by atoms with E-state index in [0.717, 1.165) is 12.6 Å². The Morgan fingerprint density at radius 1 is 1.67 bits per heavy atom. The normalized spacial score (nSPS) is 35.0. The number of hydrogen-bond donors (Lipinski definition) is 1. The van der Waals surface area contributed by atoms with Gasteiger partial charge in [0.15, 0.2) is 0 Å². The van der Waals surface area contributed by atoms with Crippen LogP contribution in [0.25, 0.3) is 0 Å². The number of rotatable bonds is 2. The van der Waals surface area contributed by atoms with Gasteiger partial charge in [-0.1, -0.05) is 15.9 Å². The van der Waals surface area contributed by atoms with Gasteiger partial charge in [-0.25, -0.2) is 4.79 Å². The molecule has 0 aromatic carbocycles. The minimum absolute atomic E-state index is 0.136. The first-order valence-electron chi connectivity index (χ1n) is 4.76. The van der Waals surface area contributed by atoms with Crippen molar-refractivity contribution >= 4 is 34.0 Å². The lowest BCUT2D eigenvalue weighted by molar-refractivity contribution is -0.179. The second-order valence-electron chi connectivity index (χ2n) is 3.75. The number of alkyl halides is 1. The smallest absolute Gasteiger partial charge is 0.330 e. The molecule has 0 aromatic rings. The van der Waals surface area contributed by atoms with Crippen LogP contribution in [0.3, 0.4) is 0 Å². The summed E-state index contributed by atoms with van der Waals surface area (Å²) in [4.78, 5) is 25.1. The lowest BCUT2D eigenvalue weighted by Crippen LogP contribution is -2.62. The van der Waals surface area contributed by atoms with Crippen molar-refractivity contribution in [2.45, 2.75) is 24.5 Å². The molecule has 2 saturated heterocycles. The SMILES string of the molecule is N=C[C@@]1(CBr)OC(=O)[C@H]2CCCN2C1=O. The predicted molar refractivity (Wildman–Crippen MR) is 56.1 cm³/mol. The Morgan fingerprint density at radius 3 is 3.00 bits per heavy atom. The van der Waals surface area contributed by atoms with Crippen LogP contribution >= 0.6 is 15.9 Å². The van der Waals surface area contributed by atoms with E-state index in [9.17, 15) is 9.59 Å². The largest absolute Gasteiger partial charge is 0.440 e. The highest BCUT2D eigenvalue weighted by molar-refractivity contribution is 9.09. The molecule has 2 aliphatic heterocycles. The molecule has 0 saturated carbocycles. The number of fused-ring (bicyclic) bond motifs is 1. The number of nitrogens with zero attached hydrogens (tertiary/aromatic N) is 1. The molecule has 2 heterocycles. The van der Waals surface area contributed by atoms with Gasteiger partial charge in [-0.3, -0.25) is 4.79 Å². The zero-order chi connectivity index (χ0) is 11.1.